The molecule has 1 saturated heterocycles. The molecule has 290 valence electrons. The van der Waals surface area contributed by atoms with Crippen LogP contribution in [0.4, 0.5) is 0 Å². The second-order valence-electron chi connectivity index (χ2n) is 15.9. The molecule has 6 aliphatic rings. The van der Waals surface area contributed by atoms with E-state index in [1.165, 1.54) is 0 Å². The van der Waals surface area contributed by atoms with E-state index < -0.39 is 52.7 Å². The molecule has 4 fully saturated rings. The fourth-order valence-electron chi connectivity index (χ4n) is 10.2. The van der Waals surface area contributed by atoms with Crippen molar-refractivity contribution in [2.45, 2.75) is 122 Å². The molecule has 4 N–H and O–H groups in total. The molecule has 0 aromatic rings. The summed E-state index contributed by atoms with van der Waals surface area (Å²) in [6.45, 7) is 4.71. The number of aliphatic hydroxyl groups excluding tert-OH is 1. The van der Waals surface area contributed by atoms with E-state index in [-0.39, 0.29) is 68.5 Å². The molecule has 5 aliphatic carbocycles. The number of ether oxygens (including phenoxy) is 4. The second-order valence-corrected chi connectivity index (χ2v) is 15.9. The van der Waals surface area contributed by atoms with E-state index in [2.05, 4.69) is 34.7 Å². The van der Waals surface area contributed by atoms with Gasteiger partial charge in [0.15, 0.2) is 23.5 Å². The predicted octanol–water partition coefficient (Wildman–Crippen LogP) is 2.40. The Labute approximate surface area is 311 Å². The van der Waals surface area contributed by atoms with Crippen LogP contribution in [0, 0.1) is 40.4 Å². The third-order valence-corrected chi connectivity index (χ3v) is 12.7. The summed E-state index contributed by atoms with van der Waals surface area (Å²) >= 11 is 0. The first-order valence-electron chi connectivity index (χ1n) is 19.4. The summed E-state index contributed by atoms with van der Waals surface area (Å²) in [4.78, 5) is 63.4. The maximum absolute atomic E-state index is 14.3. The molecule has 0 bridgehead atoms. The Morgan fingerprint density at radius 3 is 2.58 bits per heavy atom. The van der Waals surface area contributed by atoms with Gasteiger partial charge in [0.1, 0.15) is 26.0 Å². The molecule has 0 spiro atoms. The zero-order chi connectivity index (χ0) is 37.8. The molecule has 10 atom stereocenters. The first-order chi connectivity index (χ1) is 25.4. The molecule has 0 radical (unpaired) electrons. The lowest BCUT2D eigenvalue weighted by Gasteiger charge is -2.59. The zero-order valence-corrected chi connectivity index (χ0v) is 31.2. The molecule has 53 heavy (non-hydrogen) atoms. The Balaban J connectivity index is 0.990. The van der Waals surface area contributed by atoms with Crippen LogP contribution in [0.25, 0.3) is 0 Å². The number of fused-ring (bicyclic) bond motifs is 7. The van der Waals surface area contributed by atoms with E-state index >= 15 is 0 Å². The highest BCUT2D eigenvalue weighted by Crippen LogP contribution is 2.69. The van der Waals surface area contributed by atoms with Crippen molar-refractivity contribution in [1.82, 2.24) is 16.0 Å². The molecule has 0 aromatic carbocycles. The number of nitrogens with one attached hydrogen (secondary N) is 3. The maximum atomic E-state index is 14.3. The molecule has 3 amide bonds. The highest BCUT2D eigenvalue weighted by atomic mass is 16.7. The number of ketones is 2. The molecule has 2 unspecified atom stereocenters. The number of hydrogen-bond acceptors (Lipinski definition) is 10. The Hall–Kier alpha value is -3.41. The number of carbonyl (C=O) groups is 5. The van der Waals surface area contributed by atoms with Crippen molar-refractivity contribution >= 4 is 29.3 Å². The second kappa shape index (κ2) is 16.5. The highest BCUT2D eigenvalue weighted by Gasteiger charge is 2.75. The Morgan fingerprint density at radius 1 is 1.02 bits per heavy atom. The number of Topliss-reactive ketones (excluding diaryl/α,β-unsaturated/α-hetero) is 1. The number of hydrogen-bond donors (Lipinski definition) is 4. The first kappa shape index (κ1) is 39.3. The van der Waals surface area contributed by atoms with Gasteiger partial charge in [-0.25, -0.2) is 0 Å². The lowest BCUT2D eigenvalue weighted by molar-refractivity contribution is -0.201. The summed E-state index contributed by atoms with van der Waals surface area (Å²) in [6, 6.07) is 0. The van der Waals surface area contributed by atoms with Crippen molar-refractivity contribution in [3.05, 3.63) is 23.8 Å². The van der Waals surface area contributed by atoms with Crippen LogP contribution in [0.1, 0.15) is 91.4 Å². The van der Waals surface area contributed by atoms with Crippen molar-refractivity contribution in [3.8, 4) is 11.8 Å². The normalized spacial score (nSPS) is 36.9. The molecule has 1 aliphatic heterocycles. The fraction of sp³-hybridized carbons (Fsp3) is 0.725. The molecule has 13 nitrogen and oxygen atoms in total. The van der Waals surface area contributed by atoms with Crippen LogP contribution in [-0.2, 0) is 42.9 Å². The topological polar surface area (TPSA) is 179 Å². The number of rotatable bonds is 14. The predicted molar refractivity (Wildman–Crippen MR) is 191 cm³/mol. The number of amides is 3. The van der Waals surface area contributed by atoms with Crippen molar-refractivity contribution in [2.24, 2.45) is 28.6 Å². The van der Waals surface area contributed by atoms with Gasteiger partial charge in [0.25, 0.3) is 0 Å². The van der Waals surface area contributed by atoms with Crippen LogP contribution in [0.3, 0.4) is 0 Å². The van der Waals surface area contributed by atoms with Crippen molar-refractivity contribution in [1.29, 1.82) is 0 Å². The van der Waals surface area contributed by atoms with Gasteiger partial charge in [-0.1, -0.05) is 51.2 Å². The van der Waals surface area contributed by atoms with E-state index in [9.17, 15) is 29.1 Å². The summed E-state index contributed by atoms with van der Waals surface area (Å²) < 4.78 is 24.4. The van der Waals surface area contributed by atoms with E-state index in [1.54, 1.807) is 12.2 Å². The van der Waals surface area contributed by atoms with E-state index in [0.29, 0.717) is 19.3 Å². The van der Waals surface area contributed by atoms with Gasteiger partial charge in [0.2, 0.25) is 17.7 Å². The minimum absolute atomic E-state index is 0.0193. The third kappa shape index (κ3) is 7.89. The number of carbonyl (C=O) groups excluding carboxylic acids is 5. The number of aliphatic hydroxyl groups is 1. The lowest BCUT2D eigenvalue weighted by atomic mass is 9.46. The van der Waals surface area contributed by atoms with Crippen molar-refractivity contribution in [3.63, 3.8) is 0 Å². The van der Waals surface area contributed by atoms with E-state index in [4.69, 9.17) is 18.9 Å². The first-order valence-corrected chi connectivity index (χ1v) is 19.4. The van der Waals surface area contributed by atoms with Crippen LogP contribution in [-0.4, -0.2) is 97.6 Å². The zero-order valence-electron chi connectivity index (χ0n) is 31.2. The molecule has 1 heterocycles. The van der Waals surface area contributed by atoms with Gasteiger partial charge >= 0.3 is 0 Å². The van der Waals surface area contributed by atoms with Crippen LogP contribution in [0.2, 0.25) is 0 Å². The Kier molecular flexibility index (Phi) is 12.3. The minimum Gasteiger partial charge on any atom is -0.393 e. The summed E-state index contributed by atoms with van der Waals surface area (Å²) in [5.41, 5.74) is -1.43. The van der Waals surface area contributed by atoms with Gasteiger partial charge in [-0.05, 0) is 75.4 Å². The monoisotopic (exact) mass is 737 g/mol. The standard InChI is InChI=1S/C40H55N3O10/c1-4-10-36-52-32-18-29-28-14-13-25-17-26(44)15-16-38(25,2)37(28)30(45)19-39(29,3)40(32,53-36)31(46)22-50-24-43-34(48)21-41-33(47)20-42-35(49)23-51-27-11-8-6-5-7-9-12-27/h15-17,27-30,32,36-37,45H,4-8,10-11,13-14,18-24H2,1-3H3,(H,41,47)(H,42,49)(H,43,48)/t27?,28-,29-,30-,32+,36?,37+,38-,39-,40+/m0/s1. The van der Waals surface area contributed by atoms with Gasteiger partial charge in [-0.15, -0.1) is 5.92 Å². The maximum Gasteiger partial charge on any atom is 0.246 e. The lowest BCUT2D eigenvalue weighted by Crippen LogP contribution is -2.63. The highest BCUT2D eigenvalue weighted by molar-refractivity contribution is 6.01. The Bertz CT molecular complexity index is 1570. The van der Waals surface area contributed by atoms with Gasteiger partial charge in [-0.3, -0.25) is 24.0 Å². The quantitative estimate of drug-likeness (QED) is 0.118. The van der Waals surface area contributed by atoms with Crippen LogP contribution in [0.5, 0.6) is 0 Å². The summed E-state index contributed by atoms with van der Waals surface area (Å²) in [5.74, 6) is 4.28. The summed E-state index contributed by atoms with van der Waals surface area (Å²) in [5, 5.41) is 19.4. The fourth-order valence-corrected chi connectivity index (χ4v) is 10.2. The minimum atomic E-state index is -1.32. The van der Waals surface area contributed by atoms with Crippen molar-refractivity contribution < 1.29 is 48.0 Å². The van der Waals surface area contributed by atoms with Crippen LogP contribution < -0.4 is 16.0 Å². The average molecular weight is 738 g/mol. The average Bonchev–Trinajstić information content (AvgIpc) is 3.59. The van der Waals surface area contributed by atoms with Crippen LogP contribution >= 0.6 is 0 Å². The van der Waals surface area contributed by atoms with Gasteiger partial charge in [0, 0.05) is 23.2 Å². The molecule has 0 aromatic heterocycles. The Morgan fingerprint density at radius 2 is 1.79 bits per heavy atom. The largest absolute Gasteiger partial charge is 0.393 e. The van der Waals surface area contributed by atoms with Crippen molar-refractivity contribution in [2.75, 3.05) is 33.0 Å². The molecule has 6 rings (SSSR count). The molecular weight excluding hydrogens is 682 g/mol. The third-order valence-electron chi connectivity index (χ3n) is 12.7. The summed E-state index contributed by atoms with van der Waals surface area (Å²) in [7, 11) is 0. The van der Waals surface area contributed by atoms with Gasteiger partial charge in [0.05, 0.1) is 25.3 Å². The molecule has 3 saturated carbocycles. The van der Waals surface area contributed by atoms with Gasteiger partial charge in [-0.2, -0.15) is 0 Å². The van der Waals surface area contributed by atoms with Crippen LogP contribution in [0.15, 0.2) is 23.8 Å². The van der Waals surface area contributed by atoms with E-state index in [0.717, 1.165) is 56.9 Å². The van der Waals surface area contributed by atoms with E-state index in [1.807, 2.05) is 19.9 Å². The van der Waals surface area contributed by atoms with Gasteiger partial charge < -0.3 is 40.0 Å². The molecule has 13 heteroatoms. The summed E-state index contributed by atoms with van der Waals surface area (Å²) in [6.07, 6.45) is 11.9. The smallest absolute Gasteiger partial charge is 0.246 e. The SMILES string of the molecule is CCCC1O[C@@H]2C[C@H]3[C@@H]4CCC5=CC(=O)C=C[C@]5(C)[C@H]4[C@@H](O)C[C@]3(C)[C@]2(C(=O)COCNC(=O)CNC(=O)CNC(=O)COC2C#CCCCCC2)O1. The molecular formula is C40H55N3O10. The number of allylic oxidation sites excluding steroid dienone is 4.